The van der Waals surface area contributed by atoms with Gasteiger partial charge in [0.15, 0.2) is 0 Å². The molecule has 2 N–H and O–H groups in total. The molecule has 1 aromatic carbocycles. The van der Waals surface area contributed by atoms with E-state index in [9.17, 15) is 14.4 Å². The van der Waals surface area contributed by atoms with Crippen molar-refractivity contribution in [3.05, 3.63) is 29.8 Å². The van der Waals surface area contributed by atoms with E-state index in [1.54, 1.807) is 24.3 Å². The Morgan fingerprint density at radius 2 is 1.85 bits per heavy atom. The third-order valence-electron chi connectivity index (χ3n) is 2.40. The number of ether oxygens (including phenoxy) is 1. The van der Waals surface area contributed by atoms with Crippen LogP contribution < -0.4 is 10.6 Å². The summed E-state index contributed by atoms with van der Waals surface area (Å²) in [6, 6.07) is 6.59. The lowest BCUT2D eigenvalue weighted by molar-refractivity contribution is -0.142. The first kappa shape index (κ1) is 15.7. The van der Waals surface area contributed by atoms with Gasteiger partial charge >= 0.3 is 5.97 Å². The number of anilines is 1. The summed E-state index contributed by atoms with van der Waals surface area (Å²) in [5.41, 5.74) is 0.707. The Hall–Kier alpha value is -2.37. The fourth-order valence-electron chi connectivity index (χ4n) is 1.53. The van der Waals surface area contributed by atoms with Gasteiger partial charge in [-0.05, 0) is 26.0 Å². The zero-order valence-corrected chi connectivity index (χ0v) is 11.7. The van der Waals surface area contributed by atoms with E-state index in [2.05, 4.69) is 15.4 Å². The van der Waals surface area contributed by atoms with Crippen molar-refractivity contribution in [2.75, 3.05) is 12.4 Å². The molecule has 0 fully saturated rings. The molecule has 20 heavy (non-hydrogen) atoms. The van der Waals surface area contributed by atoms with E-state index in [1.807, 2.05) is 13.8 Å². The van der Waals surface area contributed by atoms with Crippen LogP contribution >= 0.6 is 0 Å². The minimum Gasteiger partial charge on any atom is -0.469 e. The molecule has 108 valence electrons. The Kier molecular flexibility index (Phi) is 5.71. The standard InChI is InChI=1S/C14H18N2O4/c1-9(2)15-14(19)10-6-4-5-7-11(10)16-12(17)8-13(18)20-3/h4-7,9H,8H2,1-3H3,(H,15,19)(H,16,17). The summed E-state index contributed by atoms with van der Waals surface area (Å²) in [4.78, 5) is 34.6. The first-order chi connectivity index (χ1) is 9.43. The molecule has 1 aromatic rings. The molecule has 0 radical (unpaired) electrons. The van der Waals surface area contributed by atoms with Gasteiger partial charge in [0.05, 0.1) is 18.4 Å². The van der Waals surface area contributed by atoms with Crippen LogP contribution in [0, 0.1) is 0 Å². The molecule has 0 aliphatic carbocycles. The van der Waals surface area contributed by atoms with Gasteiger partial charge in [-0.15, -0.1) is 0 Å². The largest absolute Gasteiger partial charge is 0.469 e. The molecule has 0 saturated carbocycles. The maximum atomic E-state index is 12.0. The van der Waals surface area contributed by atoms with Gasteiger partial charge in [-0.25, -0.2) is 0 Å². The molecule has 0 atom stereocenters. The van der Waals surface area contributed by atoms with Gasteiger partial charge < -0.3 is 15.4 Å². The van der Waals surface area contributed by atoms with Crippen molar-refractivity contribution in [3.8, 4) is 0 Å². The van der Waals surface area contributed by atoms with Crippen LogP contribution in [0.3, 0.4) is 0 Å². The molecule has 0 aliphatic heterocycles. The normalized spacial score (nSPS) is 10.0. The number of para-hydroxylation sites is 1. The van der Waals surface area contributed by atoms with Crippen LogP contribution in [0.1, 0.15) is 30.6 Å². The van der Waals surface area contributed by atoms with Crippen molar-refractivity contribution < 1.29 is 19.1 Å². The highest BCUT2D eigenvalue weighted by atomic mass is 16.5. The quantitative estimate of drug-likeness (QED) is 0.628. The number of amides is 2. The Morgan fingerprint density at radius 3 is 2.45 bits per heavy atom. The smallest absolute Gasteiger partial charge is 0.315 e. The van der Waals surface area contributed by atoms with Crippen LogP contribution in [0.4, 0.5) is 5.69 Å². The van der Waals surface area contributed by atoms with Gasteiger partial charge in [0.1, 0.15) is 6.42 Å². The zero-order valence-electron chi connectivity index (χ0n) is 11.7. The Bertz CT molecular complexity index is 512. The number of esters is 1. The van der Waals surface area contributed by atoms with Crippen molar-refractivity contribution in [1.29, 1.82) is 0 Å². The first-order valence-electron chi connectivity index (χ1n) is 6.20. The van der Waals surface area contributed by atoms with Crippen LogP contribution in [0.15, 0.2) is 24.3 Å². The number of carbonyl (C=O) groups excluding carboxylic acids is 3. The van der Waals surface area contributed by atoms with E-state index in [1.165, 1.54) is 7.11 Å². The topological polar surface area (TPSA) is 84.5 Å². The van der Waals surface area contributed by atoms with Crippen LogP contribution in [0.5, 0.6) is 0 Å². The van der Waals surface area contributed by atoms with Crippen LogP contribution in [0.25, 0.3) is 0 Å². The fraction of sp³-hybridized carbons (Fsp3) is 0.357. The van der Waals surface area contributed by atoms with Gasteiger partial charge in [-0.1, -0.05) is 12.1 Å². The fourth-order valence-corrected chi connectivity index (χ4v) is 1.53. The summed E-state index contributed by atoms with van der Waals surface area (Å²) in [6.45, 7) is 3.69. The molecule has 6 heteroatoms. The summed E-state index contributed by atoms with van der Waals surface area (Å²) < 4.78 is 4.41. The van der Waals surface area contributed by atoms with Gasteiger partial charge in [-0.2, -0.15) is 0 Å². The summed E-state index contributed by atoms with van der Waals surface area (Å²) in [5, 5.41) is 5.27. The van der Waals surface area contributed by atoms with Gasteiger partial charge in [0.2, 0.25) is 5.91 Å². The number of nitrogens with one attached hydrogen (secondary N) is 2. The molecule has 2 amide bonds. The predicted octanol–water partition coefficient (Wildman–Crippen LogP) is 1.33. The number of hydrogen-bond donors (Lipinski definition) is 2. The van der Waals surface area contributed by atoms with Gasteiger partial charge in [0.25, 0.3) is 5.91 Å². The lowest BCUT2D eigenvalue weighted by Gasteiger charge is -2.12. The minimum absolute atomic E-state index is 0.0127. The highest BCUT2D eigenvalue weighted by Crippen LogP contribution is 2.15. The zero-order chi connectivity index (χ0) is 15.1. The maximum absolute atomic E-state index is 12.0. The van der Waals surface area contributed by atoms with E-state index in [-0.39, 0.29) is 11.9 Å². The van der Waals surface area contributed by atoms with Gasteiger partial charge in [-0.3, -0.25) is 14.4 Å². The molecular formula is C14H18N2O4. The average Bonchev–Trinajstić information content (AvgIpc) is 2.38. The summed E-state index contributed by atoms with van der Waals surface area (Å²) in [7, 11) is 1.21. The molecule has 0 saturated heterocycles. The number of carbonyl (C=O) groups is 3. The molecule has 0 heterocycles. The first-order valence-corrected chi connectivity index (χ1v) is 6.20. The predicted molar refractivity (Wildman–Crippen MR) is 74.3 cm³/mol. The molecular weight excluding hydrogens is 260 g/mol. The Morgan fingerprint density at radius 1 is 1.20 bits per heavy atom. The lowest BCUT2D eigenvalue weighted by atomic mass is 10.1. The van der Waals surface area contributed by atoms with E-state index >= 15 is 0 Å². The molecule has 0 aliphatic rings. The molecule has 0 unspecified atom stereocenters. The lowest BCUT2D eigenvalue weighted by Crippen LogP contribution is -2.31. The highest BCUT2D eigenvalue weighted by molar-refractivity contribution is 6.07. The summed E-state index contributed by atoms with van der Waals surface area (Å²) in [6.07, 6.45) is -0.392. The minimum atomic E-state index is -0.633. The number of rotatable bonds is 5. The SMILES string of the molecule is COC(=O)CC(=O)Nc1ccccc1C(=O)NC(C)C. The molecule has 6 nitrogen and oxygen atoms in total. The number of methoxy groups -OCH3 is 1. The Balaban J connectivity index is 2.83. The van der Waals surface area contributed by atoms with E-state index < -0.39 is 18.3 Å². The summed E-state index contributed by atoms with van der Waals surface area (Å²) in [5.74, 6) is -1.44. The van der Waals surface area contributed by atoms with Crippen LogP contribution in [-0.2, 0) is 14.3 Å². The van der Waals surface area contributed by atoms with Crippen LogP contribution in [0.2, 0.25) is 0 Å². The molecule has 0 spiro atoms. The monoisotopic (exact) mass is 278 g/mol. The third-order valence-corrected chi connectivity index (χ3v) is 2.40. The number of benzene rings is 1. The highest BCUT2D eigenvalue weighted by Gasteiger charge is 2.15. The second-order valence-corrected chi connectivity index (χ2v) is 4.47. The van der Waals surface area contributed by atoms with Crippen molar-refractivity contribution in [3.63, 3.8) is 0 Å². The average molecular weight is 278 g/mol. The van der Waals surface area contributed by atoms with Crippen LogP contribution in [-0.4, -0.2) is 30.9 Å². The second kappa shape index (κ2) is 7.28. The van der Waals surface area contributed by atoms with E-state index in [0.29, 0.717) is 11.3 Å². The maximum Gasteiger partial charge on any atom is 0.315 e. The molecule has 1 rings (SSSR count). The number of hydrogen-bond acceptors (Lipinski definition) is 4. The van der Waals surface area contributed by atoms with Crippen molar-refractivity contribution in [1.82, 2.24) is 5.32 Å². The van der Waals surface area contributed by atoms with E-state index in [0.717, 1.165) is 0 Å². The molecule has 0 bridgehead atoms. The summed E-state index contributed by atoms with van der Waals surface area (Å²) >= 11 is 0. The van der Waals surface area contributed by atoms with Crippen molar-refractivity contribution in [2.24, 2.45) is 0 Å². The van der Waals surface area contributed by atoms with Gasteiger partial charge in [0, 0.05) is 6.04 Å². The third kappa shape index (κ3) is 4.72. The molecule has 0 aromatic heterocycles. The second-order valence-electron chi connectivity index (χ2n) is 4.47. The van der Waals surface area contributed by atoms with Crippen molar-refractivity contribution >= 4 is 23.5 Å². The Labute approximate surface area is 117 Å². The van der Waals surface area contributed by atoms with E-state index in [4.69, 9.17) is 0 Å². The van der Waals surface area contributed by atoms with Crippen molar-refractivity contribution in [2.45, 2.75) is 26.3 Å².